The van der Waals surface area contributed by atoms with Crippen LogP contribution in [0.3, 0.4) is 0 Å². The van der Waals surface area contributed by atoms with Gasteiger partial charge in [-0.15, -0.1) is 11.3 Å². The average Bonchev–Trinajstić information content (AvgIpc) is 3.90. The molecule has 2 aromatic heterocycles. The maximum absolute atomic E-state index is 6.41. The van der Waals surface area contributed by atoms with Gasteiger partial charge in [-0.25, -0.2) is 0 Å². The predicted molar refractivity (Wildman–Crippen MR) is 238 cm³/mol. The average molecular weight is 805 g/mol. The van der Waals surface area contributed by atoms with Gasteiger partial charge in [-0.3, -0.25) is 0 Å². The summed E-state index contributed by atoms with van der Waals surface area (Å²) >= 11 is 4.85. The molecule has 0 bridgehead atoms. The van der Waals surface area contributed by atoms with Crippen LogP contribution in [0.25, 0.3) is 43.0 Å². The summed E-state index contributed by atoms with van der Waals surface area (Å²) in [5.74, 6) is 1.64. The van der Waals surface area contributed by atoms with Crippen molar-refractivity contribution in [3.8, 4) is 43.5 Å². The fourth-order valence-electron chi connectivity index (χ4n) is 9.25. The lowest BCUT2D eigenvalue weighted by molar-refractivity contribution is 0.175. The van der Waals surface area contributed by atoms with Gasteiger partial charge in [0.2, 0.25) is 0 Å². The molecule has 7 aromatic rings. The number of aryl methyl sites for hydroxylation is 3. The molecule has 9 heteroatoms. The maximum atomic E-state index is 6.41. The highest BCUT2D eigenvalue weighted by atomic mass is 32.2. The lowest BCUT2D eigenvalue weighted by Crippen LogP contribution is -2.34. The highest BCUT2D eigenvalue weighted by Crippen LogP contribution is 2.57. The summed E-state index contributed by atoms with van der Waals surface area (Å²) in [5, 5.41) is 0. The Hall–Kier alpha value is -4.83. The van der Waals surface area contributed by atoms with E-state index in [9.17, 15) is 0 Å². The Morgan fingerprint density at radius 1 is 0.684 bits per heavy atom. The van der Waals surface area contributed by atoms with Crippen LogP contribution in [-0.4, -0.2) is 35.1 Å². The molecule has 4 aliphatic heterocycles. The summed E-state index contributed by atoms with van der Waals surface area (Å²) in [6.45, 7) is 5.72. The topological polar surface area (TPSA) is 50.7 Å². The minimum absolute atomic E-state index is 0.525. The predicted octanol–water partition coefficient (Wildman–Crippen LogP) is 13.3. The summed E-state index contributed by atoms with van der Waals surface area (Å²) in [6, 6.07) is 34.5. The first-order chi connectivity index (χ1) is 28.2. The molecule has 0 saturated carbocycles. The molecular formula is C48H44N4O2S3. The minimum atomic E-state index is 0.525. The summed E-state index contributed by atoms with van der Waals surface area (Å²) in [4.78, 5) is 9.72. The molecule has 5 aromatic carbocycles. The number of fused-ring (bicyclic) bond motifs is 4. The molecule has 11 rings (SSSR count). The fourth-order valence-corrected chi connectivity index (χ4v) is 12.2. The third-order valence-electron chi connectivity index (χ3n) is 12.0. The molecule has 0 N–H and O–H groups in total. The van der Waals surface area contributed by atoms with Gasteiger partial charge in [0.05, 0.1) is 32.9 Å². The molecule has 0 atom stereocenters. The summed E-state index contributed by atoms with van der Waals surface area (Å²) in [5.41, 5.74) is 16.2. The second kappa shape index (κ2) is 14.8. The minimum Gasteiger partial charge on any atom is -0.485 e. The monoisotopic (exact) mass is 804 g/mol. The van der Waals surface area contributed by atoms with Gasteiger partial charge in [0.15, 0.2) is 11.5 Å². The van der Waals surface area contributed by atoms with E-state index in [-0.39, 0.29) is 0 Å². The number of hydrogen-bond acceptors (Lipinski definition) is 9. The molecule has 6 heterocycles. The van der Waals surface area contributed by atoms with E-state index in [1.165, 1.54) is 137 Å². The van der Waals surface area contributed by atoms with Crippen LogP contribution < -0.4 is 19.3 Å². The van der Waals surface area contributed by atoms with Crippen LogP contribution >= 0.6 is 34.8 Å². The Balaban J connectivity index is 1.01. The Bertz CT molecular complexity index is 2620. The van der Waals surface area contributed by atoms with Crippen LogP contribution in [0.2, 0.25) is 0 Å². The van der Waals surface area contributed by atoms with Gasteiger partial charge in [0, 0.05) is 39.8 Å². The van der Waals surface area contributed by atoms with Gasteiger partial charge in [-0.2, -0.15) is 8.75 Å². The molecule has 0 amide bonds. The van der Waals surface area contributed by atoms with Crippen molar-refractivity contribution >= 4 is 68.6 Å². The summed E-state index contributed by atoms with van der Waals surface area (Å²) < 4.78 is 22.0. The van der Waals surface area contributed by atoms with E-state index in [0.717, 1.165) is 49.8 Å². The zero-order valence-corrected chi connectivity index (χ0v) is 34.6. The first-order valence-corrected chi connectivity index (χ1v) is 23.0. The number of anilines is 4. The van der Waals surface area contributed by atoms with E-state index in [0.29, 0.717) is 13.2 Å². The molecule has 4 aliphatic rings. The molecule has 0 aliphatic carbocycles. The smallest absolute Gasteiger partial charge is 0.180 e. The van der Waals surface area contributed by atoms with Crippen molar-refractivity contribution in [1.82, 2.24) is 8.75 Å². The zero-order valence-electron chi connectivity index (χ0n) is 32.2. The fraction of sp³-hybridized carbons (Fsp3) is 0.292. The van der Waals surface area contributed by atoms with E-state index in [2.05, 4.69) is 110 Å². The molecule has 0 saturated heterocycles. The molecule has 0 radical (unpaired) electrons. The Kier molecular flexibility index (Phi) is 9.20. The van der Waals surface area contributed by atoms with Gasteiger partial charge in [0.25, 0.3) is 0 Å². The second-order valence-corrected chi connectivity index (χ2v) is 18.3. The maximum Gasteiger partial charge on any atom is 0.180 e. The third-order valence-corrected chi connectivity index (χ3v) is 14.9. The lowest BCUT2D eigenvalue weighted by atomic mass is 9.88. The number of rotatable bonds is 9. The van der Waals surface area contributed by atoms with Gasteiger partial charge in [-0.1, -0.05) is 74.3 Å². The first kappa shape index (κ1) is 35.3. The van der Waals surface area contributed by atoms with Gasteiger partial charge in [-0.05, 0) is 127 Å². The first-order valence-electron chi connectivity index (χ1n) is 20.6. The van der Waals surface area contributed by atoms with Crippen molar-refractivity contribution in [2.45, 2.75) is 74.5 Å². The Labute approximate surface area is 346 Å². The SMILES string of the molecule is CCCCCCc1ccc(N2c3ccc(-c4cc5c6c(c4)CCCN6CCC5)cc3Sc3cc(-c4sc(-c5cccc6nsnc56)c5c4OCCO5)ccc32)cc1. The molecule has 57 heavy (non-hydrogen) atoms. The zero-order chi connectivity index (χ0) is 37.9. The molecular weight excluding hydrogens is 761 g/mol. The van der Waals surface area contributed by atoms with Crippen molar-refractivity contribution in [3.63, 3.8) is 0 Å². The lowest BCUT2D eigenvalue weighted by Gasteiger charge is -2.37. The highest BCUT2D eigenvalue weighted by Gasteiger charge is 2.31. The molecule has 0 unspecified atom stereocenters. The van der Waals surface area contributed by atoms with Crippen molar-refractivity contribution in [1.29, 1.82) is 0 Å². The van der Waals surface area contributed by atoms with Crippen molar-refractivity contribution in [2.75, 3.05) is 36.1 Å². The summed E-state index contributed by atoms with van der Waals surface area (Å²) in [6.07, 6.45) is 11.1. The van der Waals surface area contributed by atoms with E-state index >= 15 is 0 Å². The van der Waals surface area contributed by atoms with Crippen molar-refractivity contribution < 1.29 is 9.47 Å². The van der Waals surface area contributed by atoms with Crippen LogP contribution in [0, 0.1) is 0 Å². The molecule has 0 fully saturated rings. The molecule has 286 valence electrons. The van der Waals surface area contributed by atoms with Crippen molar-refractivity contribution in [3.05, 3.63) is 108 Å². The van der Waals surface area contributed by atoms with E-state index in [1.54, 1.807) is 11.3 Å². The quantitative estimate of drug-likeness (QED) is 0.135. The number of unbranched alkanes of at least 4 members (excludes halogenated alkanes) is 3. The number of nitrogens with zero attached hydrogens (tertiary/aromatic N) is 4. The van der Waals surface area contributed by atoms with Crippen molar-refractivity contribution in [2.24, 2.45) is 0 Å². The van der Waals surface area contributed by atoms with E-state index in [1.807, 2.05) is 17.8 Å². The van der Waals surface area contributed by atoms with Crippen LogP contribution in [0.15, 0.2) is 101 Å². The second-order valence-electron chi connectivity index (χ2n) is 15.7. The van der Waals surface area contributed by atoms with Crippen LogP contribution in [0.5, 0.6) is 11.5 Å². The third kappa shape index (κ3) is 6.30. The number of thiophene rings is 1. The normalized spacial score (nSPS) is 15.4. The van der Waals surface area contributed by atoms with Gasteiger partial charge in [0.1, 0.15) is 24.2 Å². The standard InChI is InChI=1S/C48H44N4O2S3/c1-2-3-4-5-9-30-14-18-36(19-15-30)52-39-20-16-31(35-26-32-10-7-22-51-23-8-11-33(27-35)44(32)51)28-41(39)55-42-29-34(17-21-40(42)52)47-45-46(54-25-24-53-45)48(56-47)37-12-6-13-38-43(37)50-57-49-38/h6,12-21,26-29H,2-5,7-11,22-25H2,1H3. The van der Waals surface area contributed by atoms with Crippen LogP contribution in [0.4, 0.5) is 22.7 Å². The molecule has 0 spiro atoms. The van der Waals surface area contributed by atoms with Crippen LogP contribution in [0.1, 0.15) is 62.1 Å². The van der Waals surface area contributed by atoms with Crippen LogP contribution in [-0.2, 0) is 19.3 Å². The number of benzene rings is 5. The number of ether oxygens (including phenoxy) is 2. The van der Waals surface area contributed by atoms with E-state index in [4.69, 9.17) is 9.47 Å². The largest absolute Gasteiger partial charge is 0.485 e. The van der Waals surface area contributed by atoms with Gasteiger partial charge >= 0.3 is 0 Å². The Morgan fingerprint density at radius 2 is 1.40 bits per heavy atom. The summed E-state index contributed by atoms with van der Waals surface area (Å²) in [7, 11) is 0. The van der Waals surface area contributed by atoms with E-state index < -0.39 is 0 Å². The number of hydrogen-bond donors (Lipinski definition) is 0. The number of aromatic nitrogens is 2. The van der Waals surface area contributed by atoms with Gasteiger partial charge < -0.3 is 19.3 Å². The highest BCUT2D eigenvalue weighted by molar-refractivity contribution is 7.99. The Morgan fingerprint density at radius 3 is 2.16 bits per heavy atom. The molecule has 6 nitrogen and oxygen atoms in total.